The molecule has 0 aromatic carbocycles. The first-order chi connectivity index (χ1) is 9.73. The standard InChI is InChI=1S/C15H30N2O3/c1-19-9-7-17(8-10-20-2)14-5-6-15(11-14,12-18)16-13-3-4-13/h13-14,16,18H,3-12H2,1-2H3. The highest BCUT2D eigenvalue weighted by atomic mass is 16.5. The van der Waals surface area contributed by atoms with Crippen LogP contribution in [0.4, 0.5) is 0 Å². The summed E-state index contributed by atoms with van der Waals surface area (Å²) in [5, 5.41) is 13.5. The van der Waals surface area contributed by atoms with Gasteiger partial charge in [-0.05, 0) is 32.1 Å². The molecule has 0 aromatic rings. The lowest BCUT2D eigenvalue weighted by molar-refractivity contribution is 0.0815. The number of nitrogens with zero attached hydrogens (tertiary/aromatic N) is 1. The van der Waals surface area contributed by atoms with Crippen LogP contribution >= 0.6 is 0 Å². The number of aliphatic hydroxyl groups is 1. The Morgan fingerprint density at radius 1 is 1.15 bits per heavy atom. The molecule has 2 atom stereocenters. The van der Waals surface area contributed by atoms with Crippen molar-refractivity contribution in [3.05, 3.63) is 0 Å². The number of methoxy groups -OCH3 is 2. The molecular formula is C15H30N2O3. The maximum atomic E-state index is 9.81. The topological polar surface area (TPSA) is 54.0 Å². The zero-order valence-corrected chi connectivity index (χ0v) is 12.9. The zero-order valence-electron chi connectivity index (χ0n) is 12.9. The number of hydrogen-bond donors (Lipinski definition) is 2. The zero-order chi connectivity index (χ0) is 14.4. The first-order valence-corrected chi connectivity index (χ1v) is 7.83. The van der Waals surface area contributed by atoms with Gasteiger partial charge in [0, 0.05) is 44.9 Å². The molecule has 5 nitrogen and oxygen atoms in total. The molecule has 0 radical (unpaired) electrons. The van der Waals surface area contributed by atoms with Crippen LogP contribution < -0.4 is 5.32 Å². The number of hydrogen-bond acceptors (Lipinski definition) is 5. The molecule has 0 amide bonds. The average molecular weight is 286 g/mol. The summed E-state index contributed by atoms with van der Waals surface area (Å²) in [5.41, 5.74) is -0.0514. The normalized spacial score (nSPS) is 30.3. The molecule has 5 heteroatoms. The average Bonchev–Trinajstić information content (AvgIpc) is 3.17. The molecule has 2 saturated carbocycles. The van der Waals surface area contributed by atoms with Gasteiger partial charge >= 0.3 is 0 Å². The fourth-order valence-corrected chi connectivity index (χ4v) is 3.28. The second-order valence-electron chi connectivity index (χ2n) is 6.28. The van der Waals surface area contributed by atoms with Crippen molar-refractivity contribution in [2.75, 3.05) is 47.1 Å². The molecule has 0 spiro atoms. The lowest BCUT2D eigenvalue weighted by Gasteiger charge is -2.32. The van der Waals surface area contributed by atoms with E-state index in [4.69, 9.17) is 9.47 Å². The first kappa shape index (κ1) is 16.2. The van der Waals surface area contributed by atoms with Gasteiger partial charge in [0.2, 0.25) is 0 Å². The van der Waals surface area contributed by atoms with E-state index in [0.717, 1.165) is 45.6 Å². The highest BCUT2D eigenvalue weighted by Gasteiger charge is 2.43. The van der Waals surface area contributed by atoms with E-state index in [1.165, 1.54) is 12.8 Å². The Balaban J connectivity index is 1.88. The third-order valence-electron chi connectivity index (χ3n) is 4.65. The smallest absolute Gasteiger partial charge is 0.0614 e. The maximum absolute atomic E-state index is 9.81. The van der Waals surface area contributed by atoms with Gasteiger partial charge in [-0.1, -0.05) is 0 Å². The summed E-state index contributed by atoms with van der Waals surface area (Å²) in [6.07, 6.45) is 5.79. The van der Waals surface area contributed by atoms with Crippen molar-refractivity contribution in [1.82, 2.24) is 10.2 Å². The van der Waals surface area contributed by atoms with E-state index in [1.807, 2.05) is 0 Å². The van der Waals surface area contributed by atoms with Gasteiger partial charge in [-0.3, -0.25) is 4.90 Å². The lowest BCUT2D eigenvalue weighted by Crippen LogP contribution is -2.49. The van der Waals surface area contributed by atoms with Gasteiger partial charge < -0.3 is 19.9 Å². The molecule has 0 aromatic heterocycles. The third-order valence-corrected chi connectivity index (χ3v) is 4.65. The number of nitrogens with one attached hydrogen (secondary N) is 1. The van der Waals surface area contributed by atoms with E-state index in [0.29, 0.717) is 12.1 Å². The largest absolute Gasteiger partial charge is 0.394 e. The molecule has 0 bridgehead atoms. The van der Waals surface area contributed by atoms with Crippen LogP contribution in [0.15, 0.2) is 0 Å². The molecule has 2 aliphatic carbocycles. The van der Waals surface area contributed by atoms with Crippen LogP contribution in [-0.4, -0.2) is 74.8 Å². The van der Waals surface area contributed by atoms with Crippen molar-refractivity contribution in [2.45, 2.75) is 49.7 Å². The van der Waals surface area contributed by atoms with E-state index in [1.54, 1.807) is 14.2 Å². The molecule has 2 N–H and O–H groups in total. The fourth-order valence-electron chi connectivity index (χ4n) is 3.28. The SMILES string of the molecule is COCCN(CCOC)C1CCC(CO)(NC2CC2)C1. The van der Waals surface area contributed by atoms with E-state index >= 15 is 0 Å². The Morgan fingerprint density at radius 3 is 2.30 bits per heavy atom. The highest BCUT2D eigenvalue weighted by molar-refractivity contribution is 5.03. The van der Waals surface area contributed by atoms with Gasteiger partial charge in [-0.25, -0.2) is 0 Å². The van der Waals surface area contributed by atoms with Crippen LogP contribution in [0.1, 0.15) is 32.1 Å². The second-order valence-corrected chi connectivity index (χ2v) is 6.28. The molecule has 2 fully saturated rings. The van der Waals surface area contributed by atoms with Gasteiger partial charge in [-0.2, -0.15) is 0 Å². The van der Waals surface area contributed by atoms with Gasteiger partial charge in [0.15, 0.2) is 0 Å². The monoisotopic (exact) mass is 286 g/mol. The summed E-state index contributed by atoms with van der Waals surface area (Å²) in [5.74, 6) is 0. The minimum Gasteiger partial charge on any atom is -0.394 e. The predicted molar refractivity (Wildman–Crippen MR) is 78.9 cm³/mol. The molecule has 2 rings (SSSR count). The number of aliphatic hydroxyl groups excluding tert-OH is 1. The number of rotatable bonds is 10. The summed E-state index contributed by atoms with van der Waals surface area (Å²) >= 11 is 0. The van der Waals surface area contributed by atoms with E-state index in [9.17, 15) is 5.11 Å². The maximum Gasteiger partial charge on any atom is 0.0614 e. The third kappa shape index (κ3) is 4.40. The van der Waals surface area contributed by atoms with Crippen LogP contribution in [0.3, 0.4) is 0 Å². The van der Waals surface area contributed by atoms with Crippen LogP contribution in [0.2, 0.25) is 0 Å². The molecule has 0 aliphatic heterocycles. The van der Waals surface area contributed by atoms with E-state index in [2.05, 4.69) is 10.2 Å². The lowest BCUT2D eigenvalue weighted by atomic mass is 9.98. The van der Waals surface area contributed by atoms with Crippen molar-refractivity contribution in [3.63, 3.8) is 0 Å². The molecule has 2 aliphatic rings. The molecular weight excluding hydrogens is 256 g/mol. The minimum absolute atomic E-state index is 0.0514. The Morgan fingerprint density at radius 2 is 1.80 bits per heavy atom. The molecule has 0 saturated heterocycles. The van der Waals surface area contributed by atoms with Crippen LogP contribution in [0.25, 0.3) is 0 Å². The van der Waals surface area contributed by atoms with Crippen molar-refractivity contribution in [3.8, 4) is 0 Å². The quantitative estimate of drug-likeness (QED) is 0.616. The molecule has 0 heterocycles. The van der Waals surface area contributed by atoms with Gasteiger partial charge in [-0.15, -0.1) is 0 Å². The second kappa shape index (κ2) is 7.71. The van der Waals surface area contributed by atoms with Gasteiger partial charge in [0.05, 0.1) is 19.8 Å². The Labute approximate surface area is 122 Å². The molecule has 20 heavy (non-hydrogen) atoms. The first-order valence-electron chi connectivity index (χ1n) is 7.83. The Kier molecular flexibility index (Phi) is 6.23. The number of ether oxygens (including phenoxy) is 2. The fraction of sp³-hybridized carbons (Fsp3) is 1.00. The van der Waals surface area contributed by atoms with Crippen LogP contribution in [0, 0.1) is 0 Å². The predicted octanol–water partition coefficient (Wildman–Crippen LogP) is 0.617. The minimum atomic E-state index is -0.0514. The van der Waals surface area contributed by atoms with Crippen molar-refractivity contribution >= 4 is 0 Å². The van der Waals surface area contributed by atoms with Crippen molar-refractivity contribution in [2.24, 2.45) is 0 Å². The van der Waals surface area contributed by atoms with Crippen LogP contribution in [-0.2, 0) is 9.47 Å². The van der Waals surface area contributed by atoms with E-state index in [-0.39, 0.29) is 12.1 Å². The summed E-state index contributed by atoms with van der Waals surface area (Å²) in [6, 6.07) is 1.17. The highest BCUT2D eigenvalue weighted by Crippen LogP contribution is 2.36. The van der Waals surface area contributed by atoms with Gasteiger partial charge in [0.25, 0.3) is 0 Å². The molecule has 118 valence electrons. The summed E-state index contributed by atoms with van der Waals surface area (Å²) in [4.78, 5) is 2.46. The van der Waals surface area contributed by atoms with E-state index < -0.39 is 0 Å². The Bertz CT molecular complexity index is 278. The molecule has 2 unspecified atom stereocenters. The van der Waals surface area contributed by atoms with Crippen molar-refractivity contribution in [1.29, 1.82) is 0 Å². The summed E-state index contributed by atoms with van der Waals surface area (Å²) in [6.45, 7) is 3.64. The van der Waals surface area contributed by atoms with Gasteiger partial charge in [0.1, 0.15) is 0 Å². The van der Waals surface area contributed by atoms with Crippen LogP contribution in [0.5, 0.6) is 0 Å². The summed E-state index contributed by atoms with van der Waals surface area (Å²) in [7, 11) is 3.49. The summed E-state index contributed by atoms with van der Waals surface area (Å²) < 4.78 is 10.4. The van der Waals surface area contributed by atoms with Crippen molar-refractivity contribution < 1.29 is 14.6 Å². The Hall–Kier alpha value is -0.200.